The van der Waals surface area contributed by atoms with E-state index in [0.717, 1.165) is 17.8 Å². The van der Waals surface area contributed by atoms with E-state index in [4.69, 9.17) is 9.47 Å². The number of nitrogens with one attached hydrogen (secondary N) is 3. The van der Waals surface area contributed by atoms with Gasteiger partial charge in [0, 0.05) is 17.9 Å². The zero-order chi connectivity index (χ0) is 20.2. The number of benzene rings is 2. The Morgan fingerprint density at radius 1 is 0.893 bits per heavy atom. The quantitative estimate of drug-likeness (QED) is 0.573. The first-order chi connectivity index (χ1) is 13.6. The topological polar surface area (TPSA) is 106 Å². The zero-order valence-corrected chi connectivity index (χ0v) is 15.6. The Labute approximate surface area is 163 Å². The van der Waals surface area contributed by atoms with Gasteiger partial charge in [0.1, 0.15) is 5.75 Å². The minimum atomic E-state index is -0.712. The average Bonchev–Trinajstić information content (AvgIpc) is 2.71. The lowest BCUT2D eigenvalue weighted by Gasteiger charge is -2.09. The minimum absolute atomic E-state index is 0.346. The van der Waals surface area contributed by atoms with Crippen LogP contribution >= 0.6 is 0 Å². The fourth-order valence-corrected chi connectivity index (χ4v) is 2.10. The second-order valence-corrected chi connectivity index (χ2v) is 5.77. The SMILES string of the molecule is CCCNC(=O)NC(=O)COC(=O)COc1ccc(Nc2ccccc2)cc1. The van der Waals surface area contributed by atoms with Gasteiger partial charge in [0.25, 0.3) is 5.91 Å². The Bertz CT molecular complexity index is 778. The molecule has 2 aromatic carbocycles. The van der Waals surface area contributed by atoms with Crippen molar-refractivity contribution < 1.29 is 23.9 Å². The lowest BCUT2D eigenvalue weighted by atomic mass is 10.2. The molecule has 0 aromatic heterocycles. The summed E-state index contributed by atoms with van der Waals surface area (Å²) in [5.74, 6) is -0.937. The predicted molar refractivity (Wildman–Crippen MR) is 104 cm³/mol. The highest BCUT2D eigenvalue weighted by Gasteiger charge is 2.11. The number of esters is 1. The van der Waals surface area contributed by atoms with Crippen LogP contribution < -0.4 is 20.7 Å². The molecule has 0 aliphatic rings. The number of urea groups is 1. The Balaban J connectivity index is 1.68. The fourth-order valence-electron chi connectivity index (χ4n) is 2.10. The van der Waals surface area contributed by atoms with Crippen LogP contribution in [0.15, 0.2) is 54.6 Å². The summed E-state index contributed by atoms with van der Waals surface area (Å²) in [5.41, 5.74) is 1.83. The van der Waals surface area contributed by atoms with Gasteiger partial charge in [-0.15, -0.1) is 0 Å². The molecular formula is C20H23N3O5. The molecule has 2 rings (SSSR count). The van der Waals surface area contributed by atoms with Crippen molar-refractivity contribution >= 4 is 29.3 Å². The fraction of sp³-hybridized carbons (Fsp3) is 0.250. The van der Waals surface area contributed by atoms with Crippen LogP contribution in [0.25, 0.3) is 0 Å². The average molecular weight is 385 g/mol. The maximum Gasteiger partial charge on any atom is 0.344 e. The van der Waals surface area contributed by atoms with Gasteiger partial charge in [-0.05, 0) is 42.8 Å². The van der Waals surface area contributed by atoms with Gasteiger partial charge in [0.05, 0.1) is 0 Å². The molecular weight excluding hydrogens is 362 g/mol. The molecule has 0 aliphatic heterocycles. The molecule has 8 heteroatoms. The van der Waals surface area contributed by atoms with Crippen molar-refractivity contribution in [2.24, 2.45) is 0 Å². The highest BCUT2D eigenvalue weighted by molar-refractivity contribution is 5.95. The van der Waals surface area contributed by atoms with Crippen molar-refractivity contribution in [1.29, 1.82) is 0 Å². The van der Waals surface area contributed by atoms with Crippen LogP contribution in [0.1, 0.15) is 13.3 Å². The molecule has 0 radical (unpaired) electrons. The number of rotatable bonds is 9. The summed E-state index contributed by atoms with van der Waals surface area (Å²) in [4.78, 5) is 34.4. The molecule has 0 saturated heterocycles. The van der Waals surface area contributed by atoms with E-state index < -0.39 is 24.5 Å². The first-order valence-corrected chi connectivity index (χ1v) is 8.85. The van der Waals surface area contributed by atoms with Crippen LogP contribution in [0.5, 0.6) is 5.75 Å². The van der Waals surface area contributed by atoms with Crippen LogP contribution in [0.4, 0.5) is 16.2 Å². The van der Waals surface area contributed by atoms with E-state index in [2.05, 4.69) is 16.0 Å². The molecule has 0 atom stereocenters. The first kappa shape index (κ1) is 20.8. The number of imide groups is 1. The molecule has 28 heavy (non-hydrogen) atoms. The summed E-state index contributed by atoms with van der Waals surface area (Å²) in [5, 5.41) is 7.76. The van der Waals surface area contributed by atoms with E-state index >= 15 is 0 Å². The Morgan fingerprint density at radius 3 is 2.25 bits per heavy atom. The Morgan fingerprint density at radius 2 is 1.57 bits per heavy atom. The molecule has 3 amide bonds. The molecule has 0 aliphatic carbocycles. The van der Waals surface area contributed by atoms with Crippen LogP contribution in [0.3, 0.4) is 0 Å². The van der Waals surface area contributed by atoms with Gasteiger partial charge in [-0.3, -0.25) is 10.1 Å². The molecule has 0 bridgehead atoms. The Hall–Kier alpha value is -3.55. The van der Waals surface area contributed by atoms with E-state index in [1.54, 1.807) is 12.1 Å². The van der Waals surface area contributed by atoms with E-state index in [1.807, 2.05) is 49.4 Å². The van der Waals surface area contributed by atoms with Crippen LogP contribution in [-0.2, 0) is 14.3 Å². The minimum Gasteiger partial charge on any atom is -0.482 e. The van der Waals surface area contributed by atoms with Gasteiger partial charge in [0.2, 0.25) is 0 Å². The van der Waals surface area contributed by atoms with Crippen molar-refractivity contribution in [3.8, 4) is 5.75 Å². The number of para-hydroxylation sites is 1. The molecule has 0 unspecified atom stereocenters. The molecule has 2 aromatic rings. The molecule has 8 nitrogen and oxygen atoms in total. The second kappa shape index (κ2) is 11.2. The number of anilines is 2. The maximum absolute atomic E-state index is 11.6. The number of carbonyl (C=O) groups excluding carboxylic acids is 3. The van der Waals surface area contributed by atoms with Crippen molar-refractivity contribution in [2.75, 3.05) is 25.1 Å². The monoisotopic (exact) mass is 385 g/mol. The summed E-state index contributed by atoms with van der Waals surface area (Å²) in [6.07, 6.45) is 0.747. The summed E-state index contributed by atoms with van der Waals surface area (Å²) < 4.78 is 10.1. The van der Waals surface area contributed by atoms with Crippen molar-refractivity contribution in [3.05, 3.63) is 54.6 Å². The van der Waals surface area contributed by atoms with Gasteiger partial charge in [-0.25, -0.2) is 9.59 Å². The molecule has 0 saturated carbocycles. The smallest absolute Gasteiger partial charge is 0.344 e. The highest BCUT2D eigenvalue weighted by Crippen LogP contribution is 2.19. The normalized spacial score (nSPS) is 9.89. The standard InChI is InChI=1S/C20H23N3O5/c1-2-12-21-20(26)23-18(24)13-28-19(25)14-27-17-10-8-16(9-11-17)22-15-6-4-3-5-7-15/h3-11,22H,2,12-14H2,1H3,(H2,21,23,24,26). The van der Waals surface area contributed by atoms with Crippen molar-refractivity contribution in [3.63, 3.8) is 0 Å². The second-order valence-electron chi connectivity index (χ2n) is 5.77. The summed E-state index contributed by atoms with van der Waals surface area (Å²) >= 11 is 0. The third-order valence-corrected chi connectivity index (χ3v) is 3.43. The lowest BCUT2D eigenvalue weighted by Crippen LogP contribution is -2.41. The van der Waals surface area contributed by atoms with Gasteiger partial charge < -0.3 is 20.1 Å². The number of amides is 3. The highest BCUT2D eigenvalue weighted by atomic mass is 16.6. The lowest BCUT2D eigenvalue weighted by molar-refractivity contribution is -0.150. The maximum atomic E-state index is 11.6. The summed E-state index contributed by atoms with van der Waals surface area (Å²) in [7, 11) is 0. The number of hydrogen-bond acceptors (Lipinski definition) is 6. The molecule has 0 spiro atoms. The molecule has 0 fully saturated rings. The van der Waals surface area contributed by atoms with Gasteiger partial charge in [0.15, 0.2) is 13.2 Å². The Kier molecular flexibility index (Phi) is 8.32. The van der Waals surface area contributed by atoms with Crippen molar-refractivity contribution in [1.82, 2.24) is 10.6 Å². The van der Waals surface area contributed by atoms with Gasteiger partial charge >= 0.3 is 12.0 Å². The van der Waals surface area contributed by atoms with Crippen LogP contribution in [0.2, 0.25) is 0 Å². The number of hydrogen-bond donors (Lipinski definition) is 3. The third kappa shape index (κ3) is 7.77. The molecule has 0 heterocycles. The van der Waals surface area contributed by atoms with E-state index in [-0.39, 0.29) is 6.61 Å². The first-order valence-electron chi connectivity index (χ1n) is 8.85. The van der Waals surface area contributed by atoms with E-state index in [1.165, 1.54) is 0 Å². The van der Waals surface area contributed by atoms with Gasteiger partial charge in [-0.2, -0.15) is 0 Å². The largest absolute Gasteiger partial charge is 0.482 e. The third-order valence-electron chi connectivity index (χ3n) is 3.43. The molecule has 3 N–H and O–H groups in total. The summed E-state index contributed by atoms with van der Waals surface area (Å²) in [6, 6.07) is 16.1. The molecule has 148 valence electrons. The number of ether oxygens (including phenoxy) is 2. The van der Waals surface area contributed by atoms with Gasteiger partial charge in [-0.1, -0.05) is 25.1 Å². The van der Waals surface area contributed by atoms with Crippen molar-refractivity contribution in [2.45, 2.75) is 13.3 Å². The van der Waals surface area contributed by atoms with Crippen LogP contribution in [-0.4, -0.2) is 37.7 Å². The van der Waals surface area contributed by atoms with E-state index in [0.29, 0.717) is 12.3 Å². The number of carbonyl (C=O) groups is 3. The summed E-state index contributed by atoms with van der Waals surface area (Å²) in [6.45, 7) is 1.44. The van der Waals surface area contributed by atoms with E-state index in [9.17, 15) is 14.4 Å². The zero-order valence-electron chi connectivity index (χ0n) is 15.6. The van der Waals surface area contributed by atoms with Crippen LogP contribution in [0, 0.1) is 0 Å². The predicted octanol–water partition coefficient (Wildman–Crippen LogP) is 2.59.